The van der Waals surface area contributed by atoms with Crippen molar-refractivity contribution >= 4 is 0 Å². The Morgan fingerprint density at radius 2 is 2.10 bits per heavy atom. The zero-order valence-electron chi connectivity index (χ0n) is 14.0. The van der Waals surface area contributed by atoms with Crippen LogP contribution in [0, 0.1) is 11.3 Å². The number of hydrogen-bond donors (Lipinski definition) is 1. The third kappa shape index (κ3) is 3.03. The molecule has 0 radical (unpaired) electrons. The van der Waals surface area contributed by atoms with Crippen molar-refractivity contribution in [2.75, 3.05) is 46.9 Å². The normalized spacial score (nSPS) is 37.4. The number of ether oxygens (including phenoxy) is 1. The monoisotopic (exact) mass is 283 g/mol. The summed E-state index contributed by atoms with van der Waals surface area (Å²) in [6.07, 6.45) is 2.63. The zero-order valence-corrected chi connectivity index (χ0v) is 14.0. The first kappa shape index (κ1) is 16.2. The Labute approximate surface area is 124 Å². The van der Waals surface area contributed by atoms with Gasteiger partial charge in [-0.3, -0.25) is 0 Å². The first-order valence-electron chi connectivity index (χ1n) is 8.06. The van der Waals surface area contributed by atoms with Crippen molar-refractivity contribution in [3.8, 4) is 0 Å². The minimum Gasteiger partial charge on any atom is -0.378 e. The highest BCUT2D eigenvalue weighted by molar-refractivity contribution is 5.14. The van der Waals surface area contributed by atoms with Crippen LogP contribution in [0.3, 0.4) is 0 Å². The van der Waals surface area contributed by atoms with Crippen LogP contribution in [0.1, 0.15) is 33.6 Å². The van der Waals surface area contributed by atoms with Gasteiger partial charge in [-0.05, 0) is 46.3 Å². The number of hydrogen-bond acceptors (Lipinski definition) is 4. The molecule has 0 aromatic carbocycles. The van der Waals surface area contributed by atoms with Gasteiger partial charge in [-0.25, -0.2) is 0 Å². The van der Waals surface area contributed by atoms with Crippen LogP contribution in [-0.2, 0) is 4.74 Å². The van der Waals surface area contributed by atoms with Crippen molar-refractivity contribution in [2.45, 2.75) is 45.3 Å². The second-order valence-electron chi connectivity index (χ2n) is 7.64. The molecule has 1 aliphatic carbocycles. The van der Waals surface area contributed by atoms with Crippen LogP contribution in [-0.4, -0.2) is 68.3 Å². The number of nitrogens with zero attached hydrogens (tertiary/aromatic N) is 2. The molecule has 4 nitrogen and oxygen atoms in total. The lowest BCUT2D eigenvalue weighted by atomic mass is 9.54. The Kier molecular flexibility index (Phi) is 4.80. The molecule has 0 aromatic heterocycles. The molecule has 20 heavy (non-hydrogen) atoms. The molecule has 1 saturated carbocycles. The summed E-state index contributed by atoms with van der Waals surface area (Å²) in [7, 11) is 4.43. The predicted molar refractivity (Wildman–Crippen MR) is 83.8 cm³/mol. The molecule has 2 aliphatic rings. The summed E-state index contributed by atoms with van der Waals surface area (Å²) in [6.45, 7) is 12.0. The maximum absolute atomic E-state index is 6.67. The van der Waals surface area contributed by atoms with E-state index in [4.69, 9.17) is 10.5 Å². The van der Waals surface area contributed by atoms with Gasteiger partial charge in [0.2, 0.25) is 0 Å². The van der Waals surface area contributed by atoms with Crippen LogP contribution >= 0.6 is 0 Å². The molecule has 2 fully saturated rings. The van der Waals surface area contributed by atoms with E-state index >= 15 is 0 Å². The van der Waals surface area contributed by atoms with Gasteiger partial charge in [-0.1, -0.05) is 13.8 Å². The summed E-state index contributed by atoms with van der Waals surface area (Å²) in [5, 5.41) is 0. The third-order valence-corrected chi connectivity index (χ3v) is 5.62. The molecule has 1 heterocycles. The van der Waals surface area contributed by atoms with Gasteiger partial charge < -0.3 is 20.3 Å². The third-order valence-electron chi connectivity index (χ3n) is 5.62. The molecule has 0 aromatic rings. The zero-order chi connectivity index (χ0) is 15.0. The van der Waals surface area contributed by atoms with Gasteiger partial charge >= 0.3 is 0 Å². The van der Waals surface area contributed by atoms with Crippen molar-refractivity contribution < 1.29 is 4.74 Å². The van der Waals surface area contributed by atoms with E-state index < -0.39 is 0 Å². The maximum atomic E-state index is 6.67. The average Bonchev–Trinajstić information content (AvgIpc) is 2.74. The molecule has 118 valence electrons. The van der Waals surface area contributed by atoms with E-state index in [-0.39, 0.29) is 11.0 Å². The molecule has 1 aliphatic heterocycles. The van der Waals surface area contributed by atoms with Crippen molar-refractivity contribution in [1.82, 2.24) is 9.80 Å². The van der Waals surface area contributed by atoms with Crippen LogP contribution in [0.15, 0.2) is 0 Å². The van der Waals surface area contributed by atoms with E-state index in [1.807, 2.05) is 0 Å². The maximum Gasteiger partial charge on any atom is 0.0662 e. The molecule has 2 rings (SSSR count). The summed E-state index contributed by atoms with van der Waals surface area (Å²) in [6, 6.07) is 0. The van der Waals surface area contributed by atoms with Gasteiger partial charge in [-0.2, -0.15) is 0 Å². The Hall–Kier alpha value is -0.160. The summed E-state index contributed by atoms with van der Waals surface area (Å²) in [4.78, 5) is 4.86. The standard InChI is InChI=1S/C16H33N3O/c1-6-20-14-9-16(17,15(14,2)3)12-19(5)11-13-7-8-18(4)10-13/h13-14H,6-12,17H2,1-5H3. The second-order valence-corrected chi connectivity index (χ2v) is 7.64. The van der Waals surface area contributed by atoms with Crippen LogP contribution in [0.25, 0.3) is 0 Å². The van der Waals surface area contributed by atoms with Crippen LogP contribution < -0.4 is 5.73 Å². The summed E-state index contributed by atoms with van der Waals surface area (Å²) >= 11 is 0. The van der Waals surface area contributed by atoms with E-state index in [9.17, 15) is 0 Å². The Morgan fingerprint density at radius 1 is 1.40 bits per heavy atom. The lowest BCUT2D eigenvalue weighted by molar-refractivity contribution is -0.155. The van der Waals surface area contributed by atoms with Crippen LogP contribution in [0.2, 0.25) is 0 Å². The van der Waals surface area contributed by atoms with Gasteiger partial charge in [0.05, 0.1) is 6.10 Å². The van der Waals surface area contributed by atoms with E-state index in [0.29, 0.717) is 6.10 Å². The Balaban J connectivity index is 1.83. The van der Waals surface area contributed by atoms with Crippen molar-refractivity contribution in [1.29, 1.82) is 0 Å². The number of likely N-dealkylation sites (N-methyl/N-ethyl adjacent to an activating group) is 1. The quantitative estimate of drug-likeness (QED) is 0.800. The molecule has 0 amide bonds. The van der Waals surface area contributed by atoms with Gasteiger partial charge in [-0.15, -0.1) is 0 Å². The lowest BCUT2D eigenvalue weighted by Crippen LogP contribution is -2.73. The van der Waals surface area contributed by atoms with Crippen molar-refractivity contribution in [3.63, 3.8) is 0 Å². The highest BCUT2D eigenvalue weighted by Crippen LogP contribution is 2.50. The lowest BCUT2D eigenvalue weighted by Gasteiger charge is -2.60. The van der Waals surface area contributed by atoms with Crippen molar-refractivity contribution in [3.05, 3.63) is 0 Å². The summed E-state index contributed by atoms with van der Waals surface area (Å²) < 4.78 is 5.81. The molecule has 4 heteroatoms. The van der Waals surface area contributed by atoms with E-state index in [1.54, 1.807) is 0 Å². The molecule has 3 atom stereocenters. The topological polar surface area (TPSA) is 41.7 Å². The SMILES string of the molecule is CCOC1CC(N)(CN(C)CC2CCN(C)C2)C1(C)C. The number of nitrogens with two attached hydrogens (primary N) is 1. The molecule has 0 spiro atoms. The number of rotatable bonds is 6. The summed E-state index contributed by atoms with van der Waals surface area (Å²) in [5.41, 5.74) is 6.64. The van der Waals surface area contributed by atoms with Gasteiger partial charge in [0.25, 0.3) is 0 Å². The highest BCUT2D eigenvalue weighted by atomic mass is 16.5. The fraction of sp³-hybridized carbons (Fsp3) is 1.00. The first-order valence-corrected chi connectivity index (χ1v) is 8.06. The number of likely N-dealkylation sites (tertiary alicyclic amines) is 1. The fourth-order valence-electron chi connectivity index (χ4n) is 3.94. The second kappa shape index (κ2) is 5.91. The summed E-state index contributed by atoms with van der Waals surface area (Å²) in [5.74, 6) is 0.805. The van der Waals surface area contributed by atoms with Crippen LogP contribution in [0.5, 0.6) is 0 Å². The van der Waals surface area contributed by atoms with E-state index in [2.05, 4.69) is 44.7 Å². The molecule has 0 bridgehead atoms. The van der Waals surface area contributed by atoms with E-state index in [0.717, 1.165) is 25.5 Å². The Bertz CT molecular complexity index is 334. The van der Waals surface area contributed by atoms with Gasteiger partial charge in [0.1, 0.15) is 0 Å². The first-order chi connectivity index (χ1) is 9.28. The van der Waals surface area contributed by atoms with Crippen molar-refractivity contribution in [2.24, 2.45) is 17.1 Å². The molecular weight excluding hydrogens is 250 g/mol. The molecule has 1 saturated heterocycles. The molecular formula is C16H33N3O. The fourth-order valence-corrected chi connectivity index (χ4v) is 3.94. The average molecular weight is 283 g/mol. The van der Waals surface area contributed by atoms with Gasteiger partial charge in [0.15, 0.2) is 0 Å². The van der Waals surface area contributed by atoms with Gasteiger partial charge in [0, 0.05) is 37.2 Å². The molecule has 3 unspecified atom stereocenters. The highest BCUT2D eigenvalue weighted by Gasteiger charge is 2.58. The predicted octanol–water partition coefficient (Wildman–Crippen LogP) is 1.40. The smallest absolute Gasteiger partial charge is 0.0662 e. The Morgan fingerprint density at radius 3 is 2.60 bits per heavy atom. The largest absolute Gasteiger partial charge is 0.378 e. The minimum atomic E-state index is -0.105. The van der Waals surface area contributed by atoms with E-state index in [1.165, 1.54) is 26.1 Å². The minimum absolute atomic E-state index is 0.0732. The van der Waals surface area contributed by atoms with Crippen LogP contribution in [0.4, 0.5) is 0 Å². The molecule has 2 N–H and O–H groups in total.